The SMILES string of the molecule is C=CC(=O)OCCOC(=O)NC1CCCC(CC2CCCC(NC(=O)OCOC(=O)NC3CCCC(CC4CCCC(NC(=O)OCOC)C4)C3)C2)C1. The number of esters is 1. The summed E-state index contributed by atoms with van der Waals surface area (Å²) in [7, 11) is 1.48. The second-order valence-electron chi connectivity index (χ2n) is 15.3. The van der Waals surface area contributed by atoms with E-state index >= 15 is 0 Å². The highest BCUT2D eigenvalue weighted by atomic mass is 16.7. The van der Waals surface area contributed by atoms with Crippen LogP contribution in [0.1, 0.15) is 116 Å². The van der Waals surface area contributed by atoms with E-state index in [0.29, 0.717) is 23.7 Å². The Morgan fingerprint density at radius 1 is 0.509 bits per heavy atom. The Balaban J connectivity index is 1.06. The van der Waals surface area contributed by atoms with Crippen LogP contribution in [0.5, 0.6) is 0 Å². The summed E-state index contributed by atoms with van der Waals surface area (Å²) in [6.07, 6.45) is 16.8. The molecular weight excluding hydrogens is 688 g/mol. The Labute approximate surface area is 313 Å². The van der Waals surface area contributed by atoms with E-state index < -0.39 is 37.1 Å². The molecule has 15 nitrogen and oxygen atoms in total. The van der Waals surface area contributed by atoms with Gasteiger partial charge in [0.15, 0.2) is 6.79 Å². The number of hydrogen-bond donors (Lipinski definition) is 4. The predicted molar refractivity (Wildman–Crippen MR) is 193 cm³/mol. The summed E-state index contributed by atoms with van der Waals surface area (Å²) in [6.45, 7) is 2.79. The van der Waals surface area contributed by atoms with Gasteiger partial charge in [0.1, 0.15) is 13.2 Å². The second-order valence-corrected chi connectivity index (χ2v) is 15.3. The third-order valence-electron chi connectivity index (χ3n) is 11.2. The zero-order chi connectivity index (χ0) is 37.8. The first-order valence-electron chi connectivity index (χ1n) is 19.7. The highest BCUT2D eigenvalue weighted by Gasteiger charge is 2.31. The van der Waals surface area contributed by atoms with Gasteiger partial charge in [-0.2, -0.15) is 0 Å². The van der Waals surface area contributed by atoms with Crippen molar-refractivity contribution in [3.8, 4) is 0 Å². The number of methoxy groups -OCH3 is 1. The van der Waals surface area contributed by atoms with Crippen molar-refractivity contribution >= 4 is 30.3 Å². The van der Waals surface area contributed by atoms with Gasteiger partial charge in [0.05, 0.1) is 0 Å². The van der Waals surface area contributed by atoms with Crippen LogP contribution in [-0.2, 0) is 33.2 Å². The Kier molecular flexibility index (Phi) is 18.3. The van der Waals surface area contributed by atoms with Gasteiger partial charge < -0.3 is 49.7 Å². The first kappa shape index (κ1) is 42.0. The van der Waals surface area contributed by atoms with Crippen LogP contribution in [0.25, 0.3) is 0 Å². The van der Waals surface area contributed by atoms with E-state index in [1.54, 1.807) is 0 Å². The lowest BCUT2D eigenvalue weighted by molar-refractivity contribution is -0.138. The minimum Gasteiger partial charge on any atom is -0.459 e. The van der Waals surface area contributed by atoms with Crippen LogP contribution in [-0.4, -0.2) is 88.4 Å². The van der Waals surface area contributed by atoms with Crippen LogP contribution < -0.4 is 21.3 Å². The summed E-state index contributed by atoms with van der Waals surface area (Å²) in [6, 6.07) is 0.162. The van der Waals surface area contributed by atoms with Gasteiger partial charge in [0.2, 0.25) is 6.79 Å². The van der Waals surface area contributed by atoms with E-state index in [0.717, 1.165) is 122 Å². The van der Waals surface area contributed by atoms with Gasteiger partial charge in [-0.15, -0.1) is 0 Å². The highest BCUT2D eigenvalue weighted by Crippen LogP contribution is 2.37. The fourth-order valence-electron chi connectivity index (χ4n) is 8.91. The van der Waals surface area contributed by atoms with Crippen molar-refractivity contribution in [2.75, 3.05) is 33.9 Å². The zero-order valence-corrected chi connectivity index (χ0v) is 31.5. The average Bonchev–Trinajstić information content (AvgIpc) is 3.13. The maximum atomic E-state index is 12.6. The number of amides is 4. The van der Waals surface area contributed by atoms with Gasteiger partial charge in [0, 0.05) is 37.4 Å². The first-order valence-corrected chi connectivity index (χ1v) is 19.7. The molecule has 4 fully saturated rings. The van der Waals surface area contributed by atoms with E-state index in [4.69, 9.17) is 28.4 Å². The minimum atomic E-state index is -0.590. The lowest BCUT2D eigenvalue weighted by Crippen LogP contribution is -2.42. The third kappa shape index (κ3) is 16.4. The predicted octanol–water partition coefficient (Wildman–Crippen LogP) is 6.20. The molecule has 0 radical (unpaired) electrons. The fourth-order valence-corrected chi connectivity index (χ4v) is 8.91. The summed E-state index contributed by atoms with van der Waals surface area (Å²) in [4.78, 5) is 60.4. The van der Waals surface area contributed by atoms with Crippen LogP contribution in [0, 0.1) is 23.7 Å². The molecule has 300 valence electrons. The zero-order valence-electron chi connectivity index (χ0n) is 31.5. The quantitative estimate of drug-likeness (QED) is 0.0463. The molecule has 8 atom stereocenters. The standard InChI is InChI=1S/C38H62N4O11/c1-3-34(43)49-16-17-50-35(44)39-30-12-4-8-26(20-30)18-28-10-6-14-32(22-28)41-37(46)52-25-53-38(47)42-33-15-7-11-29(23-33)19-27-9-5-13-31(21-27)40-36(45)51-24-48-2/h3,26-33H,1,4-25H2,2H3,(H,39,44)(H,40,45)(H,41,46)(H,42,47). The number of ether oxygens (including phenoxy) is 6. The Morgan fingerprint density at radius 3 is 1.21 bits per heavy atom. The summed E-state index contributed by atoms with van der Waals surface area (Å²) < 4.78 is 30.2. The number of carbonyl (C=O) groups excluding carboxylic acids is 5. The fraction of sp³-hybridized carbons (Fsp3) is 0.816. The molecule has 4 aliphatic rings. The van der Waals surface area contributed by atoms with Crippen LogP contribution in [0.15, 0.2) is 12.7 Å². The van der Waals surface area contributed by atoms with Gasteiger partial charge in [-0.1, -0.05) is 57.9 Å². The van der Waals surface area contributed by atoms with Crippen molar-refractivity contribution < 1.29 is 52.4 Å². The molecule has 4 saturated carbocycles. The number of rotatable bonds is 16. The van der Waals surface area contributed by atoms with Crippen molar-refractivity contribution in [3.63, 3.8) is 0 Å². The number of hydrogen-bond acceptors (Lipinski definition) is 11. The van der Waals surface area contributed by atoms with Crippen LogP contribution in [0.4, 0.5) is 19.2 Å². The van der Waals surface area contributed by atoms with Gasteiger partial charge in [-0.05, 0) is 87.9 Å². The molecule has 0 saturated heterocycles. The highest BCUT2D eigenvalue weighted by molar-refractivity contribution is 5.81. The summed E-state index contributed by atoms with van der Waals surface area (Å²) in [5, 5.41) is 11.8. The van der Waals surface area contributed by atoms with Crippen molar-refractivity contribution in [1.29, 1.82) is 0 Å². The van der Waals surface area contributed by atoms with Crippen LogP contribution >= 0.6 is 0 Å². The first-order chi connectivity index (χ1) is 25.7. The molecular formula is C38H62N4O11. The molecule has 0 aromatic rings. The topological polar surface area (TPSA) is 189 Å². The maximum absolute atomic E-state index is 12.6. The molecule has 0 spiro atoms. The largest absolute Gasteiger partial charge is 0.459 e. The molecule has 0 aromatic heterocycles. The molecule has 4 amide bonds. The molecule has 8 unspecified atom stereocenters. The van der Waals surface area contributed by atoms with E-state index in [1.807, 2.05) is 0 Å². The molecule has 53 heavy (non-hydrogen) atoms. The molecule has 4 rings (SSSR count). The normalized spacial score (nSPS) is 28.6. The van der Waals surface area contributed by atoms with E-state index in [9.17, 15) is 24.0 Å². The second kappa shape index (κ2) is 23.1. The van der Waals surface area contributed by atoms with Gasteiger partial charge in [-0.25, -0.2) is 24.0 Å². The summed E-state index contributed by atoms with van der Waals surface area (Å²) >= 11 is 0. The van der Waals surface area contributed by atoms with Crippen molar-refractivity contribution in [3.05, 3.63) is 12.7 Å². The molecule has 0 bridgehead atoms. The molecule has 4 aliphatic carbocycles. The van der Waals surface area contributed by atoms with Gasteiger partial charge >= 0.3 is 30.3 Å². The van der Waals surface area contributed by atoms with Crippen molar-refractivity contribution in [1.82, 2.24) is 21.3 Å². The molecule has 0 aromatic carbocycles. The third-order valence-corrected chi connectivity index (χ3v) is 11.2. The summed E-state index contributed by atoms with van der Waals surface area (Å²) in [5.74, 6) is 1.40. The van der Waals surface area contributed by atoms with E-state index in [2.05, 4.69) is 27.8 Å². The number of nitrogens with one attached hydrogen (secondary N) is 4. The molecule has 4 N–H and O–H groups in total. The van der Waals surface area contributed by atoms with E-state index in [1.165, 1.54) is 7.11 Å². The Morgan fingerprint density at radius 2 is 0.849 bits per heavy atom. The van der Waals surface area contributed by atoms with E-state index in [-0.39, 0.29) is 44.2 Å². The van der Waals surface area contributed by atoms with Gasteiger partial charge in [-0.3, -0.25) is 0 Å². The van der Waals surface area contributed by atoms with Gasteiger partial charge in [0.25, 0.3) is 0 Å². The number of carbonyl (C=O) groups is 5. The van der Waals surface area contributed by atoms with Crippen molar-refractivity contribution in [2.24, 2.45) is 23.7 Å². The monoisotopic (exact) mass is 750 g/mol. The molecule has 0 heterocycles. The Bertz CT molecular complexity index is 1190. The van der Waals surface area contributed by atoms with Crippen LogP contribution in [0.2, 0.25) is 0 Å². The average molecular weight is 751 g/mol. The Hall–Kier alpha value is -3.75. The smallest absolute Gasteiger partial charge is 0.410 e. The lowest BCUT2D eigenvalue weighted by Gasteiger charge is -2.35. The molecule has 0 aliphatic heterocycles. The summed E-state index contributed by atoms with van der Waals surface area (Å²) in [5.41, 5.74) is 0. The van der Waals surface area contributed by atoms with Crippen molar-refractivity contribution in [2.45, 2.75) is 140 Å². The lowest BCUT2D eigenvalue weighted by atomic mass is 9.75. The number of alkyl carbamates (subject to hydrolysis) is 4. The maximum Gasteiger partial charge on any atom is 0.410 e. The van der Waals surface area contributed by atoms with Crippen LogP contribution in [0.3, 0.4) is 0 Å². The molecule has 15 heteroatoms. The minimum absolute atomic E-state index is 0.00312.